The summed E-state index contributed by atoms with van der Waals surface area (Å²) in [7, 11) is 1.76. The van der Waals surface area contributed by atoms with E-state index < -0.39 is 12.2 Å². The van der Waals surface area contributed by atoms with Gasteiger partial charge in [-0.15, -0.1) is 0 Å². The number of fused-ring (bicyclic) bond motifs is 1. The fourth-order valence-corrected chi connectivity index (χ4v) is 2.58. The molecular formula is C16H15F2N5O. The van der Waals surface area contributed by atoms with Crippen molar-refractivity contribution in [1.29, 1.82) is 0 Å². The normalized spacial score (nSPS) is 14.5. The second-order valence-electron chi connectivity index (χ2n) is 5.90. The summed E-state index contributed by atoms with van der Waals surface area (Å²) in [6.45, 7) is 0.319. The molecule has 0 unspecified atom stereocenters. The fourth-order valence-electron chi connectivity index (χ4n) is 2.58. The van der Waals surface area contributed by atoms with Gasteiger partial charge in [-0.05, 0) is 25.0 Å². The highest BCUT2D eigenvalue weighted by atomic mass is 19.3. The lowest BCUT2D eigenvalue weighted by atomic mass is 10.2. The molecule has 124 valence electrons. The van der Waals surface area contributed by atoms with E-state index in [1.54, 1.807) is 24.1 Å². The van der Waals surface area contributed by atoms with Crippen molar-refractivity contribution in [3.8, 4) is 0 Å². The molecule has 0 spiro atoms. The van der Waals surface area contributed by atoms with Gasteiger partial charge in [-0.1, -0.05) is 17.3 Å². The summed E-state index contributed by atoms with van der Waals surface area (Å²) in [6, 6.07) is 7.09. The Morgan fingerprint density at radius 3 is 2.75 bits per heavy atom. The molecule has 6 nitrogen and oxygen atoms in total. The van der Waals surface area contributed by atoms with Gasteiger partial charge >= 0.3 is 0 Å². The average Bonchev–Trinajstić information content (AvgIpc) is 3.33. The van der Waals surface area contributed by atoms with Crippen molar-refractivity contribution in [2.75, 3.05) is 11.9 Å². The van der Waals surface area contributed by atoms with E-state index in [9.17, 15) is 8.78 Å². The number of para-hydroxylation sites is 1. The third-order valence-corrected chi connectivity index (χ3v) is 3.95. The van der Waals surface area contributed by atoms with Crippen LogP contribution in [0, 0.1) is 0 Å². The first-order valence-corrected chi connectivity index (χ1v) is 7.70. The van der Waals surface area contributed by atoms with Gasteiger partial charge in [0.25, 0.3) is 6.43 Å². The van der Waals surface area contributed by atoms with Crippen molar-refractivity contribution in [3.05, 3.63) is 41.8 Å². The molecular weight excluding hydrogens is 316 g/mol. The predicted molar refractivity (Wildman–Crippen MR) is 82.9 cm³/mol. The molecule has 1 aliphatic carbocycles. The Morgan fingerprint density at radius 1 is 1.21 bits per heavy atom. The molecule has 0 saturated heterocycles. The number of rotatable bonds is 5. The van der Waals surface area contributed by atoms with Crippen LogP contribution >= 0.6 is 0 Å². The molecule has 4 rings (SSSR count). The van der Waals surface area contributed by atoms with Gasteiger partial charge in [0.05, 0.1) is 12.1 Å². The maximum atomic E-state index is 13.1. The van der Waals surface area contributed by atoms with E-state index in [-0.39, 0.29) is 0 Å². The van der Waals surface area contributed by atoms with Crippen molar-refractivity contribution in [2.45, 2.75) is 31.7 Å². The first-order valence-electron chi connectivity index (χ1n) is 7.70. The minimum atomic E-state index is -2.73. The third kappa shape index (κ3) is 2.79. The smallest absolute Gasteiger partial charge is 0.297 e. The van der Waals surface area contributed by atoms with Crippen LogP contribution in [-0.4, -0.2) is 27.2 Å². The molecule has 1 fully saturated rings. The highest BCUT2D eigenvalue weighted by Crippen LogP contribution is 2.39. The van der Waals surface area contributed by atoms with Gasteiger partial charge < -0.3 is 9.42 Å². The van der Waals surface area contributed by atoms with E-state index in [2.05, 4.69) is 20.1 Å². The van der Waals surface area contributed by atoms with Crippen molar-refractivity contribution in [3.63, 3.8) is 0 Å². The van der Waals surface area contributed by atoms with Crippen LogP contribution in [-0.2, 0) is 6.54 Å². The molecule has 0 atom stereocenters. The van der Waals surface area contributed by atoms with Crippen molar-refractivity contribution in [1.82, 2.24) is 20.1 Å². The van der Waals surface area contributed by atoms with E-state index in [1.165, 1.54) is 0 Å². The molecule has 0 amide bonds. The largest absolute Gasteiger partial charge is 0.351 e. The number of hydrogen-bond donors (Lipinski definition) is 0. The van der Waals surface area contributed by atoms with Crippen LogP contribution in [0.1, 0.15) is 42.7 Å². The average molecular weight is 331 g/mol. The predicted octanol–water partition coefficient (Wildman–Crippen LogP) is 3.46. The number of aromatic nitrogens is 4. The Labute approximate surface area is 136 Å². The van der Waals surface area contributed by atoms with E-state index in [4.69, 9.17) is 4.52 Å². The van der Waals surface area contributed by atoms with E-state index in [0.29, 0.717) is 40.9 Å². The molecule has 0 aliphatic heterocycles. The molecule has 0 radical (unpaired) electrons. The highest BCUT2D eigenvalue weighted by Gasteiger charge is 2.29. The Bertz CT molecular complexity index is 878. The van der Waals surface area contributed by atoms with Gasteiger partial charge in [0, 0.05) is 18.4 Å². The number of hydrogen-bond acceptors (Lipinski definition) is 6. The molecule has 3 aromatic rings. The lowest BCUT2D eigenvalue weighted by Gasteiger charge is -2.18. The Kier molecular flexibility index (Phi) is 3.59. The fraction of sp³-hybridized carbons (Fsp3) is 0.375. The topological polar surface area (TPSA) is 67.9 Å². The van der Waals surface area contributed by atoms with Crippen LogP contribution in [0.25, 0.3) is 10.9 Å². The summed E-state index contributed by atoms with van der Waals surface area (Å²) < 4.78 is 31.4. The lowest BCUT2D eigenvalue weighted by molar-refractivity contribution is 0.141. The van der Waals surface area contributed by atoms with Gasteiger partial charge in [-0.3, -0.25) is 0 Å². The number of nitrogens with zero attached hydrogens (tertiary/aromatic N) is 5. The van der Waals surface area contributed by atoms with Gasteiger partial charge in [-0.25, -0.2) is 18.7 Å². The zero-order valence-electron chi connectivity index (χ0n) is 13.0. The van der Waals surface area contributed by atoms with Crippen molar-refractivity contribution < 1.29 is 13.3 Å². The summed E-state index contributed by atoms with van der Waals surface area (Å²) in [5, 5.41) is 4.67. The summed E-state index contributed by atoms with van der Waals surface area (Å²) in [6.07, 6.45) is -0.578. The molecule has 24 heavy (non-hydrogen) atoms. The van der Waals surface area contributed by atoms with Crippen LogP contribution in [0.2, 0.25) is 0 Å². The summed E-state index contributed by atoms with van der Waals surface area (Å²) in [5.41, 5.74) is 0.483. The second kappa shape index (κ2) is 5.77. The minimum absolute atomic E-state index is 0.319. The SMILES string of the molecule is CN(Cc1noc(C2CC2)n1)c1nc(C(F)F)nc2ccccc12. The molecule has 8 heteroatoms. The van der Waals surface area contributed by atoms with Gasteiger partial charge in [0.2, 0.25) is 5.89 Å². The lowest BCUT2D eigenvalue weighted by Crippen LogP contribution is -2.20. The van der Waals surface area contributed by atoms with Crippen LogP contribution in [0.5, 0.6) is 0 Å². The molecule has 2 aromatic heterocycles. The quantitative estimate of drug-likeness (QED) is 0.713. The standard InChI is InChI=1S/C16H15F2N5O/c1-23(8-12-20-16(24-22-12)9-6-7-9)15-10-4-2-3-5-11(10)19-14(21-15)13(17)18/h2-5,9,13H,6-8H2,1H3. The van der Waals surface area contributed by atoms with E-state index in [1.807, 2.05) is 12.1 Å². The number of benzene rings is 1. The molecule has 0 bridgehead atoms. The van der Waals surface area contributed by atoms with Crippen molar-refractivity contribution >= 4 is 16.7 Å². The molecule has 1 saturated carbocycles. The monoisotopic (exact) mass is 331 g/mol. The zero-order valence-corrected chi connectivity index (χ0v) is 13.0. The van der Waals surface area contributed by atoms with Crippen molar-refractivity contribution in [2.24, 2.45) is 0 Å². The summed E-state index contributed by atoms with van der Waals surface area (Å²) >= 11 is 0. The van der Waals surface area contributed by atoms with Gasteiger partial charge in [0.1, 0.15) is 5.82 Å². The van der Waals surface area contributed by atoms with E-state index >= 15 is 0 Å². The Morgan fingerprint density at radius 2 is 2.00 bits per heavy atom. The summed E-state index contributed by atoms with van der Waals surface area (Å²) in [5.74, 6) is 1.48. The number of anilines is 1. The number of alkyl halides is 2. The molecule has 1 aromatic carbocycles. The van der Waals surface area contributed by atoms with Gasteiger partial charge in [-0.2, -0.15) is 4.98 Å². The van der Waals surface area contributed by atoms with E-state index in [0.717, 1.165) is 12.8 Å². The minimum Gasteiger partial charge on any atom is -0.351 e. The maximum absolute atomic E-state index is 13.1. The molecule has 1 aliphatic rings. The van der Waals surface area contributed by atoms with Crippen LogP contribution in [0.15, 0.2) is 28.8 Å². The summed E-state index contributed by atoms with van der Waals surface area (Å²) in [4.78, 5) is 14.1. The zero-order chi connectivity index (χ0) is 16.7. The first-order chi connectivity index (χ1) is 11.6. The Hall–Kier alpha value is -2.64. The van der Waals surface area contributed by atoms with Crippen LogP contribution < -0.4 is 4.90 Å². The highest BCUT2D eigenvalue weighted by molar-refractivity contribution is 5.89. The van der Waals surface area contributed by atoms with Gasteiger partial charge in [0.15, 0.2) is 11.6 Å². The number of halogens is 2. The van der Waals surface area contributed by atoms with Crippen LogP contribution in [0.4, 0.5) is 14.6 Å². The second-order valence-corrected chi connectivity index (χ2v) is 5.90. The Balaban J connectivity index is 1.67. The third-order valence-electron chi connectivity index (χ3n) is 3.95. The molecule has 0 N–H and O–H groups in total. The maximum Gasteiger partial charge on any atom is 0.297 e. The van der Waals surface area contributed by atoms with Crippen LogP contribution in [0.3, 0.4) is 0 Å². The molecule has 2 heterocycles. The first kappa shape index (κ1) is 14.9.